The summed E-state index contributed by atoms with van der Waals surface area (Å²) in [6, 6.07) is 19.0. The number of hydrogen-bond donors (Lipinski definition) is 2. The van der Waals surface area contributed by atoms with E-state index in [1.165, 1.54) is 16.7 Å². The third-order valence-corrected chi connectivity index (χ3v) is 5.34. The quantitative estimate of drug-likeness (QED) is 0.634. The van der Waals surface area contributed by atoms with Crippen LogP contribution < -0.4 is 5.32 Å². The second kappa shape index (κ2) is 9.15. The molecular weight excluding hydrogens is 348 g/mol. The molecule has 2 heterocycles. The van der Waals surface area contributed by atoms with E-state index < -0.39 is 0 Å². The fourth-order valence-corrected chi connectivity index (χ4v) is 3.85. The Labute approximate surface area is 166 Å². The van der Waals surface area contributed by atoms with E-state index in [2.05, 4.69) is 68.3 Å². The zero-order valence-corrected chi connectivity index (χ0v) is 16.2. The highest BCUT2D eigenvalue weighted by atomic mass is 16.3. The Bertz CT molecular complexity index is 877. The predicted octanol–water partition coefficient (Wildman–Crippen LogP) is 2.44. The molecule has 0 amide bonds. The zero-order valence-electron chi connectivity index (χ0n) is 16.2. The summed E-state index contributed by atoms with van der Waals surface area (Å²) in [7, 11) is 0. The van der Waals surface area contributed by atoms with Gasteiger partial charge in [0.05, 0.1) is 12.6 Å². The lowest BCUT2D eigenvalue weighted by Gasteiger charge is -2.30. The van der Waals surface area contributed by atoms with E-state index in [-0.39, 0.29) is 6.10 Å². The minimum atomic E-state index is -0.386. The highest BCUT2D eigenvalue weighted by molar-refractivity contribution is 5.29. The second-order valence-electron chi connectivity index (χ2n) is 7.50. The first-order valence-electron chi connectivity index (χ1n) is 10.00. The lowest BCUT2D eigenvalue weighted by Crippen LogP contribution is -2.40. The first kappa shape index (κ1) is 18.9. The summed E-state index contributed by atoms with van der Waals surface area (Å²) in [6.07, 6.45) is 4.52. The van der Waals surface area contributed by atoms with Crippen LogP contribution in [0.4, 0.5) is 0 Å². The van der Waals surface area contributed by atoms with Gasteiger partial charge in [0.15, 0.2) is 0 Å². The molecule has 4 rings (SSSR count). The van der Waals surface area contributed by atoms with Crippen molar-refractivity contribution in [1.29, 1.82) is 0 Å². The minimum Gasteiger partial charge on any atom is -0.390 e. The number of aliphatic hydroxyl groups excluding tert-OH is 1. The molecule has 1 unspecified atom stereocenters. The van der Waals surface area contributed by atoms with Crippen LogP contribution in [0.2, 0.25) is 0 Å². The summed E-state index contributed by atoms with van der Waals surface area (Å²) < 4.78 is 2.15. The molecule has 1 aliphatic rings. The fraction of sp³-hybridized carbons (Fsp3) is 0.348. The van der Waals surface area contributed by atoms with Crippen LogP contribution in [-0.4, -0.2) is 45.3 Å². The maximum Gasteiger partial charge on any atom is 0.122 e. The van der Waals surface area contributed by atoms with Crippen LogP contribution in [0.3, 0.4) is 0 Å². The molecule has 0 fully saturated rings. The smallest absolute Gasteiger partial charge is 0.122 e. The second-order valence-corrected chi connectivity index (χ2v) is 7.50. The number of aliphatic hydroxyl groups is 1. The highest BCUT2D eigenvalue weighted by Gasteiger charge is 2.18. The number of imidazole rings is 1. The Balaban J connectivity index is 1.23. The SMILES string of the molecule is OC(CNCc1nccn1Cc1ccccc1)CN1CCc2ccccc2C1. The van der Waals surface area contributed by atoms with Gasteiger partial charge in [0.25, 0.3) is 0 Å². The molecule has 0 aliphatic carbocycles. The molecule has 0 bridgehead atoms. The highest BCUT2D eigenvalue weighted by Crippen LogP contribution is 2.18. The van der Waals surface area contributed by atoms with Crippen molar-refractivity contribution in [1.82, 2.24) is 19.8 Å². The van der Waals surface area contributed by atoms with Gasteiger partial charge in [-0.2, -0.15) is 0 Å². The number of hydrogen-bond acceptors (Lipinski definition) is 4. The van der Waals surface area contributed by atoms with Gasteiger partial charge in [0.1, 0.15) is 5.82 Å². The molecule has 1 atom stereocenters. The van der Waals surface area contributed by atoms with Crippen molar-refractivity contribution in [3.05, 3.63) is 89.5 Å². The van der Waals surface area contributed by atoms with Crippen molar-refractivity contribution in [2.24, 2.45) is 0 Å². The van der Waals surface area contributed by atoms with Gasteiger partial charge in [-0.25, -0.2) is 4.98 Å². The monoisotopic (exact) mass is 376 g/mol. The first-order valence-corrected chi connectivity index (χ1v) is 10.00. The third-order valence-electron chi connectivity index (χ3n) is 5.34. The lowest BCUT2D eigenvalue weighted by atomic mass is 10.00. The topological polar surface area (TPSA) is 53.3 Å². The number of nitrogens with one attached hydrogen (secondary N) is 1. The maximum atomic E-state index is 10.5. The molecule has 1 aliphatic heterocycles. The summed E-state index contributed by atoms with van der Waals surface area (Å²) in [5, 5.41) is 13.8. The Kier molecular flexibility index (Phi) is 6.17. The molecule has 0 saturated heterocycles. The molecule has 28 heavy (non-hydrogen) atoms. The van der Waals surface area contributed by atoms with Crippen LogP contribution in [0.5, 0.6) is 0 Å². The average molecular weight is 377 g/mol. The largest absolute Gasteiger partial charge is 0.390 e. The van der Waals surface area contributed by atoms with E-state index in [4.69, 9.17) is 0 Å². The first-order chi connectivity index (χ1) is 13.8. The summed E-state index contributed by atoms with van der Waals surface area (Å²) in [5.41, 5.74) is 4.08. The van der Waals surface area contributed by atoms with Gasteiger partial charge in [0, 0.05) is 45.1 Å². The molecule has 0 spiro atoms. The van der Waals surface area contributed by atoms with Gasteiger partial charge >= 0.3 is 0 Å². The van der Waals surface area contributed by atoms with E-state index in [1.54, 1.807) is 0 Å². The summed E-state index contributed by atoms with van der Waals surface area (Å²) in [5.74, 6) is 0.989. The van der Waals surface area contributed by atoms with Crippen LogP contribution in [0, 0.1) is 0 Å². The molecule has 0 saturated carbocycles. The molecular formula is C23H28N4O. The molecule has 2 N–H and O–H groups in total. The van der Waals surface area contributed by atoms with Gasteiger partial charge in [-0.3, -0.25) is 4.90 Å². The Morgan fingerprint density at radius 2 is 1.82 bits per heavy atom. The normalized spacial score (nSPS) is 15.3. The zero-order chi connectivity index (χ0) is 19.2. The number of aromatic nitrogens is 2. The fourth-order valence-electron chi connectivity index (χ4n) is 3.85. The van der Waals surface area contributed by atoms with Crippen LogP contribution in [0.1, 0.15) is 22.5 Å². The van der Waals surface area contributed by atoms with E-state index in [0.717, 1.165) is 31.9 Å². The van der Waals surface area contributed by atoms with Crippen LogP contribution >= 0.6 is 0 Å². The molecule has 3 aromatic rings. The average Bonchev–Trinajstić information content (AvgIpc) is 3.15. The molecule has 5 nitrogen and oxygen atoms in total. The number of nitrogens with zero attached hydrogens (tertiary/aromatic N) is 3. The van der Waals surface area contributed by atoms with Gasteiger partial charge in [-0.1, -0.05) is 54.6 Å². The van der Waals surface area contributed by atoms with Crippen molar-refractivity contribution >= 4 is 0 Å². The van der Waals surface area contributed by atoms with Crippen molar-refractivity contribution < 1.29 is 5.11 Å². The van der Waals surface area contributed by atoms with Gasteiger partial charge in [-0.15, -0.1) is 0 Å². The molecule has 146 valence electrons. The lowest BCUT2D eigenvalue weighted by molar-refractivity contribution is 0.104. The molecule has 5 heteroatoms. The minimum absolute atomic E-state index is 0.386. The summed E-state index contributed by atoms with van der Waals surface area (Å²) in [6.45, 7) is 4.66. The van der Waals surface area contributed by atoms with Crippen LogP contribution in [-0.2, 0) is 26.1 Å². The third kappa shape index (κ3) is 4.87. The number of benzene rings is 2. The Hall–Kier alpha value is -2.47. The summed E-state index contributed by atoms with van der Waals surface area (Å²) in [4.78, 5) is 6.80. The predicted molar refractivity (Wildman–Crippen MR) is 111 cm³/mol. The van der Waals surface area contributed by atoms with E-state index in [1.807, 2.05) is 18.5 Å². The van der Waals surface area contributed by atoms with E-state index in [9.17, 15) is 5.11 Å². The number of rotatable bonds is 8. The molecule has 0 radical (unpaired) electrons. The van der Waals surface area contributed by atoms with Crippen LogP contribution in [0.25, 0.3) is 0 Å². The van der Waals surface area contributed by atoms with Crippen molar-refractivity contribution in [3.63, 3.8) is 0 Å². The summed E-state index contributed by atoms with van der Waals surface area (Å²) >= 11 is 0. The Morgan fingerprint density at radius 1 is 1.04 bits per heavy atom. The van der Waals surface area contributed by atoms with E-state index >= 15 is 0 Å². The number of fused-ring (bicyclic) bond motifs is 1. The molecule has 1 aromatic heterocycles. The van der Waals surface area contributed by atoms with Crippen molar-refractivity contribution in [3.8, 4) is 0 Å². The Morgan fingerprint density at radius 3 is 2.68 bits per heavy atom. The van der Waals surface area contributed by atoms with Crippen molar-refractivity contribution in [2.45, 2.75) is 32.2 Å². The number of β-amino-alcohol motifs (C(OH)–C–C–N with tert-alkyl or cyclic N) is 1. The maximum absolute atomic E-state index is 10.5. The van der Waals surface area contributed by atoms with Gasteiger partial charge in [0.2, 0.25) is 0 Å². The molecule has 2 aromatic carbocycles. The van der Waals surface area contributed by atoms with Crippen molar-refractivity contribution in [2.75, 3.05) is 19.6 Å². The van der Waals surface area contributed by atoms with E-state index in [0.29, 0.717) is 19.6 Å². The van der Waals surface area contributed by atoms with Crippen LogP contribution in [0.15, 0.2) is 67.0 Å². The standard InChI is InChI=1S/C23H28N4O/c28-22(18-26-12-10-20-8-4-5-9-21(20)17-26)14-24-15-23-25-11-13-27(23)16-19-6-2-1-3-7-19/h1-9,11,13,22,24,28H,10,12,14-18H2. The van der Waals surface area contributed by atoms with Gasteiger partial charge in [-0.05, 0) is 23.1 Å². The van der Waals surface area contributed by atoms with Gasteiger partial charge < -0.3 is 15.0 Å².